The fourth-order valence-electron chi connectivity index (χ4n) is 1.60. The Hall–Kier alpha value is -1.12. The van der Waals surface area contributed by atoms with Crippen LogP contribution in [0, 0.1) is 12.8 Å². The van der Waals surface area contributed by atoms with Gasteiger partial charge in [0.05, 0.1) is 0 Å². The molecule has 0 radical (unpaired) electrons. The van der Waals surface area contributed by atoms with E-state index >= 15 is 0 Å². The molecule has 1 fully saturated rings. The highest BCUT2D eigenvalue weighted by molar-refractivity contribution is 5.39. The smallest absolute Gasteiger partial charge is 0.130 e. The van der Waals surface area contributed by atoms with Crippen LogP contribution in [0.5, 0.6) is 0 Å². The molecular formula is C11H17N3. The maximum Gasteiger partial charge on any atom is 0.130 e. The van der Waals surface area contributed by atoms with Crippen molar-refractivity contribution in [2.24, 2.45) is 5.92 Å². The van der Waals surface area contributed by atoms with Crippen molar-refractivity contribution in [2.45, 2.75) is 39.7 Å². The van der Waals surface area contributed by atoms with Gasteiger partial charge in [0.2, 0.25) is 0 Å². The molecule has 0 amide bonds. The first-order valence-corrected chi connectivity index (χ1v) is 5.30. The lowest BCUT2D eigenvalue weighted by atomic mass is 10.3. The molecular weight excluding hydrogens is 174 g/mol. The Morgan fingerprint density at radius 2 is 2.21 bits per heavy atom. The molecule has 0 aliphatic heterocycles. The van der Waals surface area contributed by atoms with Gasteiger partial charge in [0, 0.05) is 17.8 Å². The van der Waals surface area contributed by atoms with E-state index in [1.165, 1.54) is 6.42 Å². The molecule has 0 saturated heterocycles. The van der Waals surface area contributed by atoms with Gasteiger partial charge in [-0.15, -0.1) is 0 Å². The predicted octanol–water partition coefficient (Wildman–Crippen LogP) is 2.17. The molecule has 1 aliphatic carbocycles. The Balaban J connectivity index is 2.12. The van der Waals surface area contributed by atoms with Crippen molar-refractivity contribution in [2.75, 3.05) is 5.32 Å². The van der Waals surface area contributed by atoms with Gasteiger partial charge in [-0.1, -0.05) is 13.8 Å². The van der Waals surface area contributed by atoms with E-state index in [0.717, 1.165) is 29.7 Å². The SMILES string of the molecule is CCc1cc(NC2CC2C)nc(C)n1. The van der Waals surface area contributed by atoms with Crippen LogP contribution < -0.4 is 5.32 Å². The van der Waals surface area contributed by atoms with Crippen molar-refractivity contribution in [1.29, 1.82) is 0 Å². The lowest BCUT2D eigenvalue weighted by Gasteiger charge is -2.06. The number of hydrogen-bond acceptors (Lipinski definition) is 3. The molecule has 2 unspecified atom stereocenters. The zero-order valence-electron chi connectivity index (χ0n) is 9.04. The van der Waals surface area contributed by atoms with Crippen LogP contribution in [-0.2, 0) is 6.42 Å². The van der Waals surface area contributed by atoms with E-state index in [1.54, 1.807) is 0 Å². The third kappa shape index (κ3) is 2.03. The number of hydrogen-bond donors (Lipinski definition) is 1. The average molecular weight is 191 g/mol. The minimum Gasteiger partial charge on any atom is -0.367 e. The van der Waals surface area contributed by atoms with Crippen LogP contribution in [0.25, 0.3) is 0 Å². The van der Waals surface area contributed by atoms with Crippen LogP contribution in [0.4, 0.5) is 5.82 Å². The summed E-state index contributed by atoms with van der Waals surface area (Å²) in [7, 11) is 0. The highest BCUT2D eigenvalue weighted by atomic mass is 15.1. The summed E-state index contributed by atoms with van der Waals surface area (Å²) in [4.78, 5) is 8.72. The normalized spacial score (nSPS) is 24.8. The molecule has 3 nitrogen and oxygen atoms in total. The fraction of sp³-hybridized carbons (Fsp3) is 0.636. The van der Waals surface area contributed by atoms with E-state index in [2.05, 4.69) is 35.2 Å². The molecule has 1 aromatic rings. The van der Waals surface area contributed by atoms with Crippen molar-refractivity contribution in [3.8, 4) is 0 Å². The zero-order valence-corrected chi connectivity index (χ0v) is 9.04. The zero-order chi connectivity index (χ0) is 10.1. The molecule has 1 aromatic heterocycles. The second-order valence-electron chi connectivity index (χ2n) is 4.11. The lowest BCUT2D eigenvalue weighted by molar-refractivity contribution is 0.904. The topological polar surface area (TPSA) is 37.8 Å². The predicted molar refractivity (Wildman–Crippen MR) is 57.3 cm³/mol. The first-order chi connectivity index (χ1) is 6.69. The molecule has 0 spiro atoms. The minimum absolute atomic E-state index is 0.633. The van der Waals surface area contributed by atoms with Crippen LogP contribution >= 0.6 is 0 Å². The molecule has 3 heteroatoms. The molecule has 1 N–H and O–H groups in total. The van der Waals surface area contributed by atoms with E-state index in [4.69, 9.17) is 0 Å². The first kappa shape index (κ1) is 9.44. The highest BCUT2D eigenvalue weighted by Crippen LogP contribution is 2.32. The minimum atomic E-state index is 0.633. The molecule has 2 rings (SSSR count). The maximum absolute atomic E-state index is 4.37. The van der Waals surface area contributed by atoms with Gasteiger partial charge >= 0.3 is 0 Å². The van der Waals surface area contributed by atoms with E-state index < -0.39 is 0 Å². The standard InChI is InChI=1S/C11H17N3/c1-4-9-6-11(13-8(3)12-9)14-10-5-7(10)2/h6-7,10H,4-5H2,1-3H3,(H,12,13,14). The van der Waals surface area contributed by atoms with E-state index in [-0.39, 0.29) is 0 Å². The quantitative estimate of drug-likeness (QED) is 0.795. The molecule has 0 aromatic carbocycles. The molecule has 76 valence electrons. The van der Waals surface area contributed by atoms with Crippen molar-refractivity contribution >= 4 is 5.82 Å². The van der Waals surface area contributed by atoms with Gasteiger partial charge in [0.1, 0.15) is 11.6 Å². The van der Waals surface area contributed by atoms with Gasteiger partial charge in [-0.2, -0.15) is 0 Å². The Kier molecular flexibility index (Phi) is 2.40. The summed E-state index contributed by atoms with van der Waals surface area (Å²) >= 11 is 0. The lowest BCUT2D eigenvalue weighted by Crippen LogP contribution is -2.07. The van der Waals surface area contributed by atoms with E-state index in [1.807, 2.05) is 6.92 Å². The summed E-state index contributed by atoms with van der Waals surface area (Å²) in [6.45, 7) is 6.32. The third-order valence-electron chi connectivity index (χ3n) is 2.70. The number of aryl methyl sites for hydroxylation is 2. The Morgan fingerprint density at radius 1 is 1.50 bits per heavy atom. The van der Waals surface area contributed by atoms with Gasteiger partial charge in [-0.25, -0.2) is 9.97 Å². The molecule has 1 aliphatic rings. The summed E-state index contributed by atoms with van der Waals surface area (Å²) in [5.74, 6) is 2.65. The summed E-state index contributed by atoms with van der Waals surface area (Å²) in [5.41, 5.74) is 1.12. The maximum atomic E-state index is 4.37. The monoisotopic (exact) mass is 191 g/mol. The summed E-state index contributed by atoms with van der Waals surface area (Å²) in [6, 6.07) is 2.69. The molecule has 14 heavy (non-hydrogen) atoms. The van der Waals surface area contributed by atoms with E-state index in [9.17, 15) is 0 Å². The third-order valence-corrected chi connectivity index (χ3v) is 2.70. The molecule has 0 bridgehead atoms. The first-order valence-electron chi connectivity index (χ1n) is 5.30. The molecule has 2 atom stereocenters. The van der Waals surface area contributed by atoms with Crippen LogP contribution in [0.1, 0.15) is 31.8 Å². The van der Waals surface area contributed by atoms with Gasteiger partial charge in [-0.3, -0.25) is 0 Å². The highest BCUT2D eigenvalue weighted by Gasteiger charge is 2.32. The van der Waals surface area contributed by atoms with Crippen molar-refractivity contribution in [1.82, 2.24) is 9.97 Å². The summed E-state index contributed by atoms with van der Waals surface area (Å²) in [6.07, 6.45) is 2.24. The Labute approximate surface area is 85.0 Å². The van der Waals surface area contributed by atoms with Crippen LogP contribution in [0.3, 0.4) is 0 Å². The number of aromatic nitrogens is 2. The number of anilines is 1. The van der Waals surface area contributed by atoms with Crippen LogP contribution in [-0.4, -0.2) is 16.0 Å². The Bertz CT molecular complexity index is 335. The van der Waals surface area contributed by atoms with E-state index in [0.29, 0.717) is 6.04 Å². The summed E-state index contributed by atoms with van der Waals surface area (Å²) < 4.78 is 0. The fourth-order valence-corrected chi connectivity index (χ4v) is 1.60. The van der Waals surface area contributed by atoms with Crippen LogP contribution in [0.2, 0.25) is 0 Å². The Morgan fingerprint density at radius 3 is 2.79 bits per heavy atom. The second kappa shape index (κ2) is 3.56. The molecule has 1 saturated carbocycles. The van der Waals surface area contributed by atoms with Crippen molar-refractivity contribution in [3.05, 3.63) is 17.6 Å². The summed E-state index contributed by atoms with van der Waals surface area (Å²) in [5, 5.41) is 3.43. The average Bonchev–Trinajstić information content (AvgIpc) is 2.80. The van der Waals surface area contributed by atoms with Crippen molar-refractivity contribution < 1.29 is 0 Å². The van der Waals surface area contributed by atoms with Crippen molar-refractivity contribution in [3.63, 3.8) is 0 Å². The number of rotatable bonds is 3. The molecule has 1 heterocycles. The van der Waals surface area contributed by atoms with Gasteiger partial charge in [0.25, 0.3) is 0 Å². The van der Waals surface area contributed by atoms with Crippen LogP contribution in [0.15, 0.2) is 6.07 Å². The number of nitrogens with one attached hydrogen (secondary N) is 1. The number of nitrogens with zero attached hydrogens (tertiary/aromatic N) is 2. The second-order valence-corrected chi connectivity index (χ2v) is 4.11. The van der Waals surface area contributed by atoms with Gasteiger partial charge < -0.3 is 5.32 Å². The largest absolute Gasteiger partial charge is 0.367 e. The van der Waals surface area contributed by atoms with Gasteiger partial charge in [-0.05, 0) is 25.7 Å². The van der Waals surface area contributed by atoms with Gasteiger partial charge in [0.15, 0.2) is 0 Å².